The molecular weight excluding hydrogens is 867 g/mol. The number of allylic oxidation sites excluding steroid dienone is 1. The van der Waals surface area contributed by atoms with Crippen LogP contribution in [0.2, 0.25) is 0 Å². The van der Waals surface area contributed by atoms with Crippen molar-refractivity contribution in [1.82, 2.24) is 30.2 Å². The van der Waals surface area contributed by atoms with Crippen LogP contribution in [0.4, 0.5) is 5.69 Å². The first kappa shape index (κ1) is 54.6. The predicted molar refractivity (Wildman–Crippen MR) is 272 cm³/mol. The summed E-state index contributed by atoms with van der Waals surface area (Å²) in [6, 6.07) is 7.58. The van der Waals surface area contributed by atoms with E-state index < -0.39 is 17.5 Å². The first-order chi connectivity index (χ1) is 26.9. The fourth-order valence-electron chi connectivity index (χ4n) is 8.59. The van der Waals surface area contributed by atoms with Gasteiger partial charge in [-0.05, 0) is 94.7 Å². The Morgan fingerprint density at radius 3 is 2.41 bits per heavy atom. The molecule has 12 nitrogen and oxygen atoms in total. The molecule has 4 bridgehead atoms. The van der Waals surface area contributed by atoms with Crippen molar-refractivity contribution in [3.63, 3.8) is 0 Å². The van der Waals surface area contributed by atoms with Gasteiger partial charge in [0, 0.05) is 74.2 Å². The highest BCUT2D eigenvalue weighted by Crippen LogP contribution is 2.42. The number of likely N-dealkylation sites (N-methyl/N-ethyl adjacent to an activating group) is 1. The fourth-order valence-corrected chi connectivity index (χ4v) is 8.59. The van der Waals surface area contributed by atoms with Crippen molar-refractivity contribution < 1.29 is 23.9 Å². The van der Waals surface area contributed by atoms with E-state index >= 15 is 0 Å². The van der Waals surface area contributed by atoms with E-state index in [-0.39, 0.29) is 104 Å². The number of nitrogens with zero attached hydrogens (tertiary/aromatic N) is 5. The van der Waals surface area contributed by atoms with Gasteiger partial charge < -0.3 is 29.2 Å². The summed E-state index contributed by atoms with van der Waals surface area (Å²) in [6.07, 6.45) is 9.75. The number of carbonyl (C=O) groups is 3. The number of fused-ring (bicyclic) bond motifs is 3. The van der Waals surface area contributed by atoms with Crippen molar-refractivity contribution in [2.45, 2.75) is 97.9 Å². The van der Waals surface area contributed by atoms with E-state index in [1.54, 1.807) is 7.11 Å². The van der Waals surface area contributed by atoms with E-state index in [1.807, 2.05) is 6.20 Å². The Morgan fingerprint density at radius 2 is 1.75 bits per heavy atom. The Balaban J connectivity index is 0.00000256. The third-order valence-corrected chi connectivity index (χ3v) is 12.3. The van der Waals surface area contributed by atoms with Crippen molar-refractivity contribution in [1.29, 1.82) is 0 Å². The minimum atomic E-state index is -0.700. The number of carbonyl (C=O) groups excluding carboxylic acids is 3. The average molecular weight is 938 g/mol. The number of cyclic esters (lactones) is 1. The van der Waals surface area contributed by atoms with Gasteiger partial charge in [-0.1, -0.05) is 39.0 Å². The zero-order valence-corrected chi connectivity index (χ0v) is 41.9. The number of pyridine rings is 1. The van der Waals surface area contributed by atoms with Crippen LogP contribution in [-0.2, 0) is 36.8 Å². The van der Waals surface area contributed by atoms with Crippen molar-refractivity contribution in [3.8, 4) is 11.3 Å². The zero-order chi connectivity index (χ0) is 39.7. The summed E-state index contributed by atoms with van der Waals surface area (Å²) < 4.78 is 14.5. The van der Waals surface area contributed by atoms with Gasteiger partial charge in [0.15, 0.2) is 0 Å². The highest BCUT2D eigenvalue weighted by molar-refractivity contribution is 7.60. The Morgan fingerprint density at radius 1 is 1.05 bits per heavy atom. The Hall–Kier alpha value is -2.51. The van der Waals surface area contributed by atoms with Gasteiger partial charge in [-0.25, -0.2) is 5.43 Å². The molecule has 2 N–H and O–H groups in total. The number of aromatic nitrogens is 2. The molecule has 17 heteroatoms. The van der Waals surface area contributed by atoms with E-state index in [0.717, 1.165) is 78.2 Å². The number of piperazine rings is 1. The molecule has 61 heavy (non-hydrogen) atoms. The van der Waals surface area contributed by atoms with Gasteiger partial charge in [0.2, 0.25) is 5.91 Å². The Bertz CT molecular complexity index is 1990. The normalized spacial score (nSPS) is 23.9. The van der Waals surface area contributed by atoms with Gasteiger partial charge in [-0.15, -0.1) is 0 Å². The number of aryl methyl sites for hydroxylation is 1. The number of hydrazine groups is 1. The summed E-state index contributed by atoms with van der Waals surface area (Å²) in [7, 11) is 3.90. The maximum absolute atomic E-state index is 13.9. The molecule has 2 saturated heterocycles. The van der Waals surface area contributed by atoms with Gasteiger partial charge in [0.1, 0.15) is 12.1 Å². The van der Waals surface area contributed by atoms with Crippen LogP contribution in [0, 0.1) is 17.3 Å². The molecule has 3 aromatic rings. The first-order valence-electron chi connectivity index (χ1n) is 20.7. The minimum absolute atomic E-state index is 0. The molecule has 0 spiro atoms. The number of amides is 2. The second-order valence-corrected chi connectivity index (χ2v) is 17.3. The predicted octanol–water partition coefficient (Wildman–Crippen LogP) is 6.30. The van der Waals surface area contributed by atoms with Crippen LogP contribution < -0.4 is 15.6 Å². The standard InChI is InChI=1S/C44H61N7O5.5H2S/c1-8-50-38-16-15-30-12-9-10-13-36(46-41(52)32-22-28(32)2)42(53)51-17-11-14-37(47-51)43(54)56-27-44(4,5)25-35(33(38)23-30)40(50)34-24-31(26-45-39(34)29(3)55-7)49-20-18-48(6)19-21-49;;;;;/h9,12,15-16,23-24,26,28-29,32,36-37,47H,8,10-11,13-14,17-22,25,27H2,1-7H3,(H,46,52);5*1H2/b12-9+;;;;;/t28-,29-,32-,36-,37-;;;;;/m0...../s1. The van der Waals surface area contributed by atoms with E-state index in [2.05, 4.69) is 103 Å². The summed E-state index contributed by atoms with van der Waals surface area (Å²) in [6.45, 7) is 15.9. The number of hydrogen-bond acceptors (Lipinski definition) is 9. The number of anilines is 1. The van der Waals surface area contributed by atoms with Crippen molar-refractivity contribution >= 4 is 108 Å². The van der Waals surface area contributed by atoms with Gasteiger partial charge in [0.05, 0.1) is 36.0 Å². The molecule has 4 aliphatic rings. The van der Waals surface area contributed by atoms with Crippen LogP contribution in [0.5, 0.6) is 0 Å². The van der Waals surface area contributed by atoms with Crippen LogP contribution in [0.15, 0.2) is 36.5 Å². The van der Waals surface area contributed by atoms with Crippen LogP contribution in [0.1, 0.15) is 89.6 Å². The number of benzene rings is 1. The molecule has 2 aromatic heterocycles. The molecule has 1 aliphatic carbocycles. The van der Waals surface area contributed by atoms with E-state index in [4.69, 9.17) is 14.5 Å². The largest absolute Gasteiger partial charge is 0.464 e. The lowest BCUT2D eigenvalue weighted by Gasteiger charge is -2.35. The fraction of sp³-hybridized carbons (Fsp3) is 0.591. The molecule has 5 heterocycles. The van der Waals surface area contributed by atoms with Gasteiger partial charge in [0.25, 0.3) is 5.91 Å². The number of rotatable bonds is 7. The summed E-state index contributed by atoms with van der Waals surface area (Å²) in [5.74, 6) is -0.376. The highest BCUT2D eigenvalue weighted by Gasteiger charge is 2.41. The van der Waals surface area contributed by atoms with Crippen LogP contribution in [0.25, 0.3) is 28.2 Å². The van der Waals surface area contributed by atoms with Crippen molar-refractivity contribution in [2.75, 3.05) is 58.4 Å². The molecule has 1 aromatic carbocycles. The molecule has 0 unspecified atom stereocenters. The molecule has 3 aliphatic heterocycles. The lowest BCUT2D eigenvalue weighted by atomic mass is 9.84. The quantitative estimate of drug-likeness (QED) is 0.263. The molecule has 5 atom stereocenters. The third-order valence-electron chi connectivity index (χ3n) is 12.3. The number of hydrogen-bond donors (Lipinski definition) is 2. The van der Waals surface area contributed by atoms with Crippen molar-refractivity contribution in [2.24, 2.45) is 17.3 Å². The molecule has 3 fully saturated rings. The second kappa shape index (κ2) is 23.4. The van der Waals surface area contributed by atoms with Crippen molar-refractivity contribution in [3.05, 3.63) is 53.4 Å². The maximum Gasteiger partial charge on any atom is 0.324 e. The summed E-state index contributed by atoms with van der Waals surface area (Å²) in [5, 5.41) is 5.73. The van der Waals surface area contributed by atoms with E-state index in [9.17, 15) is 14.4 Å². The molecule has 7 rings (SSSR count). The average Bonchev–Trinajstić information content (AvgIpc) is 3.87. The van der Waals surface area contributed by atoms with E-state index in [0.29, 0.717) is 44.6 Å². The van der Waals surface area contributed by atoms with Crippen LogP contribution >= 0.6 is 67.5 Å². The molecule has 0 radical (unpaired) electrons. The monoisotopic (exact) mass is 937 g/mol. The highest BCUT2D eigenvalue weighted by atomic mass is 32.1. The first-order valence-corrected chi connectivity index (χ1v) is 20.7. The molecular formula is C44H71N7O5S5. The topological polar surface area (TPSA) is 121 Å². The number of methoxy groups -OCH3 is 1. The molecule has 1 saturated carbocycles. The lowest BCUT2D eigenvalue weighted by molar-refractivity contribution is -0.155. The van der Waals surface area contributed by atoms with Gasteiger partial charge in [-0.2, -0.15) is 67.5 Å². The Kier molecular flexibility index (Phi) is 21.0. The summed E-state index contributed by atoms with van der Waals surface area (Å²) in [5.41, 5.74) is 10.3. The maximum atomic E-state index is 13.9. The smallest absolute Gasteiger partial charge is 0.324 e. The molecule has 342 valence electrons. The van der Waals surface area contributed by atoms with Gasteiger partial charge >= 0.3 is 5.97 Å². The van der Waals surface area contributed by atoms with E-state index in [1.165, 1.54) is 10.6 Å². The summed E-state index contributed by atoms with van der Waals surface area (Å²) in [4.78, 5) is 50.6. The SMILES string of the molecule is CCn1c(-c2cc(N3CCN(C)CC3)cnc2[C@H](C)OC)c2c3cc(ccc31)/C=C/CC[C@H](NC(=O)[C@H]1C[C@@H]1C)C(=O)N1CCC[C@H](N1)C(=O)OCC(C)(C)C2.S.S.S.S.S. The lowest BCUT2D eigenvalue weighted by Crippen LogP contribution is -2.60. The third kappa shape index (κ3) is 12.4. The number of nitrogens with one attached hydrogen (secondary N) is 2. The van der Waals surface area contributed by atoms with Crippen LogP contribution in [0.3, 0.4) is 0 Å². The Labute approximate surface area is 397 Å². The second-order valence-electron chi connectivity index (χ2n) is 17.3. The molecule has 2 amide bonds. The zero-order valence-electron chi connectivity index (χ0n) is 36.9. The number of esters is 1. The van der Waals surface area contributed by atoms with Gasteiger partial charge in [-0.3, -0.25) is 24.4 Å². The van der Waals surface area contributed by atoms with Crippen LogP contribution in [-0.4, -0.2) is 103 Å². The number of ether oxygens (including phenoxy) is 2. The minimum Gasteiger partial charge on any atom is -0.464 e. The summed E-state index contributed by atoms with van der Waals surface area (Å²) >= 11 is 0.